The van der Waals surface area contributed by atoms with Crippen molar-refractivity contribution in [3.05, 3.63) is 35.9 Å². The first-order valence-electron chi connectivity index (χ1n) is 10.4. The van der Waals surface area contributed by atoms with Gasteiger partial charge in [-0.05, 0) is 49.4 Å². The van der Waals surface area contributed by atoms with Crippen LogP contribution in [0.4, 0.5) is 0 Å². The van der Waals surface area contributed by atoms with Crippen molar-refractivity contribution >= 4 is 11.8 Å². The van der Waals surface area contributed by atoms with Gasteiger partial charge < -0.3 is 4.90 Å². The fourth-order valence-electron chi connectivity index (χ4n) is 4.21. The van der Waals surface area contributed by atoms with Gasteiger partial charge in [-0.1, -0.05) is 71.9 Å². The number of benzene rings is 1. The van der Waals surface area contributed by atoms with Gasteiger partial charge in [-0.15, -0.1) is 0 Å². The molecule has 0 spiro atoms. The molecule has 0 aliphatic carbocycles. The second-order valence-electron chi connectivity index (χ2n) is 10.2. The standard InChI is InChI=1S/C24H38N2O2/c1-17(18-13-10-9-11-14-18)19-20(24(5,6)23(2,3)4)22(28)26(21(19)27)16-12-15-25(7)8/h9-11,13-14,17,19-20H,12,15-16H2,1-8H3. The summed E-state index contributed by atoms with van der Waals surface area (Å²) in [5.41, 5.74) is 0.726. The van der Waals surface area contributed by atoms with Crippen LogP contribution < -0.4 is 0 Å². The second kappa shape index (κ2) is 8.36. The number of hydrogen-bond acceptors (Lipinski definition) is 3. The number of rotatable bonds is 7. The van der Waals surface area contributed by atoms with Gasteiger partial charge in [0.15, 0.2) is 0 Å². The largest absolute Gasteiger partial charge is 0.309 e. The summed E-state index contributed by atoms with van der Waals surface area (Å²) in [5.74, 6) is -0.611. The van der Waals surface area contributed by atoms with Gasteiger partial charge in [0.25, 0.3) is 0 Å². The highest BCUT2D eigenvalue weighted by atomic mass is 16.2. The van der Waals surface area contributed by atoms with Gasteiger partial charge in [0, 0.05) is 6.54 Å². The van der Waals surface area contributed by atoms with Crippen LogP contribution in [0.1, 0.15) is 59.4 Å². The van der Waals surface area contributed by atoms with Crippen LogP contribution in [-0.4, -0.2) is 48.8 Å². The molecule has 1 heterocycles. The Bertz CT molecular complexity index is 688. The van der Waals surface area contributed by atoms with E-state index in [1.165, 1.54) is 0 Å². The summed E-state index contributed by atoms with van der Waals surface area (Å²) in [6.45, 7) is 14.3. The SMILES string of the molecule is CC(c1ccccc1)C1C(=O)N(CCCN(C)C)C(=O)C1C(C)(C)C(C)(C)C. The Labute approximate surface area is 171 Å². The smallest absolute Gasteiger partial charge is 0.233 e. The molecule has 1 aromatic carbocycles. The van der Waals surface area contributed by atoms with Crippen molar-refractivity contribution in [1.82, 2.24) is 9.80 Å². The lowest BCUT2D eigenvalue weighted by atomic mass is 9.57. The number of amides is 2. The van der Waals surface area contributed by atoms with Crippen LogP contribution in [0, 0.1) is 22.7 Å². The molecule has 1 aliphatic heterocycles. The molecule has 0 N–H and O–H groups in total. The molecule has 2 amide bonds. The number of imide groups is 1. The van der Waals surface area contributed by atoms with Crippen molar-refractivity contribution in [2.45, 2.75) is 53.9 Å². The molecule has 1 fully saturated rings. The predicted octanol–water partition coefficient (Wildman–Crippen LogP) is 4.42. The van der Waals surface area contributed by atoms with Crippen molar-refractivity contribution in [3.8, 4) is 0 Å². The van der Waals surface area contributed by atoms with Crippen molar-refractivity contribution in [1.29, 1.82) is 0 Å². The van der Waals surface area contributed by atoms with E-state index in [-0.39, 0.29) is 40.4 Å². The van der Waals surface area contributed by atoms with Crippen LogP contribution in [0.3, 0.4) is 0 Å². The van der Waals surface area contributed by atoms with E-state index in [9.17, 15) is 9.59 Å². The van der Waals surface area contributed by atoms with E-state index < -0.39 is 0 Å². The van der Waals surface area contributed by atoms with Crippen molar-refractivity contribution < 1.29 is 9.59 Å². The quantitative estimate of drug-likeness (QED) is 0.652. The first-order valence-corrected chi connectivity index (χ1v) is 10.4. The lowest BCUT2D eigenvalue weighted by molar-refractivity contribution is -0.141. The van der Waals surface area contributed by atoms with Gasteiger partial charge in [0.1, 0.15) is 0 Å². The summed E-state index contributed by atoms with van der Waals surface area (Å²) < 4.78 is 0. The van der Waals surface area contributed by atoms with Crippen molar-refractivity contribution in [2.24, 2.45) is 22.7 Å². The van der Waals surface area contributed by atoms with Gasteiger partial charge in [-0.2, -0.15) is 0 Å². The molecular weight excluding hydrogens is 348 g/mol. The van der Waals surface area contributed by atoms with Crippen LogP contribution >= 0.6 is 0 Å². The number of carbonyl (C=O) groups is 2. The molecule has 3 atom stereocenters. The maximum absolute atomic E-state index is 13.5. The maximum atomic E-state index is 13.5. The van der Waals surface area contributed by atoms with Gasteiger partial charge in [0.05, 0.1) is 11.8 Å². The Hall–Kier alpha value is -1.68. The molecule has 0 aromatic heterocycles. The average Bonchev–Trinajstić information content (AvgIpc) is 2.85. The zero-order chi connectivity index (χ0) is 21.3. The third-order valence-electron chi connectivity index (χ3n) is 7.00. The van der Waals surface area contributed by atoms with Gasteiger partial charge in [0.2, 0.25) is 11.8 Å². The van der Waals surface area contributed by atoms with Crippen molar-refractivity contribution in [3.63, 3.8) is 0 Å². The summed E-state index contributed by atoms with van der Waals surface area (Å²) in [7, 11) is 4.03. The minimum Gasteiger partial charge on any atom is -0.309 e. The molecule has 28 heavy (non-hydrogen) atoms. The molecule has 0 radical (unpaired) electrons. The molecule has 0 saturated carbocycles. The van der Waals surface area contributed by atoms with E-state index in [1.54, 1.807) is 4.90 Å². The minimum absolute atomic E-state index is 0.00225. The lowest BCUT2D eigenvalue weighted by Crippen LogP contribution is -2.44. The third-order valence-corrected chi connectivity index (χ3v) is 7.00. The van der Waals surface area contributed by atoms with E-state index in [0.29, 0.717) is 6.54 Å². The van der Waals surface area contributed by atoms with Gasteiger partial charge in [-0.25, -0.2) is 0 Å². The highest BCUT2D eigenvalue weighted by molar-refractivity contribution is 6.06. The number of hydrogen-bond donors (Lipinski definition) is 0. The average molecular weight is 387 g/mol. The Balaban J connectivity index is 2.42. The molecule has 1 aromatic rings. The first-order chi connectivity index (χ1) is 12.9. The molecule has 2 rings (SSSR count). The van der Waals surface area contributed by atoms with E-state index in [4.69, 9.17) is 0 Å². The highest BCUT2D eigenvalue weighted by Crippen LogP contribution is 2.53. The van der Waals surface area contributed by atoms with Crippen LogP contribution in [0.25, 0.3) is 0 Å². The van der Waals surface area contributed by atoms with Gasteiger partial charge >= 0.3 is 0 Å². The Morgan fingerprint density at radius 3 is 2.07 bits per heavy atom. The molecule has 0 bridgehead atoms. The third kappa shape index (κ3) is 4.32. The summed E-state index contributed by atoms with van der Waals surface area (Å²) >= 11 is 0. The second-order valence-corrected chi connectivity index (χ2v) is 10.2. The molecule has 1 aliphatic rings. The fraction of sp³-hybridized carbons (Fsp3) is 0.667. The zero-order valence-corrected chi connectivity index (χ0v) is 19.0. The van der Waals surface area contributed by atoms with E-state index in [2.05, 4.69) is 58.6 Å². The predicted molar refractivity (Wildman–Crippen MR) is 115 cm³/mol. The summed E-state index contributed by atoms with van der Waals surface area (Å²) in [6, 6.07) is 10.1. The first kappa shape index (κ1) is 22.6. The van der Waals surface area contributed by atoms with Gasteiger partial charge in [-0.3, -0.25) is 14.5 Å². The molecule has 4 nitrogen and oxygen atoms in total. The normalized spacial score (nSPS) is 22.2. The molecule has 156 valence electrons. The maximum Gasteiger partial charge on any atom is 0.233 e. The minimum atomic E-state index is -0.316. The lowest BCUT2D eigenvalue weighted by Gasteiger charge is -2.45. The van der Waals surface area contributed by atoms with E-state index in [1.807, 2.05) is 32.3 Å². The van der Waals surface area contributed by atoms with Crippen LogP contribution in [-0.2, 0) is 9.59 Å². The number of carbonyl (C=O) groups excluding carboxylic acids is 2. The summed E-state index contributed by atoms with van der Waals surface area (Å²) in [6.07, 6.45) is 0.805. The van der Waals surface area contributed by atoms with Crippen molar-refractivity contribution in [2.75, 3.05) is 27.2 Å². The monoisotopic (exact) mass is 386 g/mol. The van der Waals surface area contributed by atoms with Crippen LogP contribution in [0.2, 0.25) is 0 Å². The molecule has 3 unspecified atom stereocenters. The Morgan fingerprint density at radius 1 is 1.00 bits per heavy atom. The van der Waals surface area contributed by atoms with E-state index >= 15 is 0 Å². The number of nitrogens with zero attached hydrogens (tertiary/aromatic N) is 2. The summed E-state index contributed by atoms with van der Waals surface area (Å²) in [4.78, 5) is 30.6. The number of likely N-dealkylation sites (tertiary alicyclic amines) is 1. The zero-order valence-electron chi connectivity index (χ0n) is 19.0. The molecule has 1 saturated heterocycles. The van der Waals surface area contributed by atoms with Crippen LogP contribution in [0.5, 0.6) is 0 Å². The summed E-state index contributed by atoms with van der Waals surface area (Å²) in [5, 5.41) is 0. The fourth-order valence-corrected chi connectivity index (χ4v) is 4.21. The van der Waals surface area contributed by atoms with Crippen LogP contribution in [0.15, 0.2) is 30.3 Å². The molecular formula is C24H38N2O2. The Morgan fingerprint density at radius 2 is 1.57 bits per heavy atom. The molecule has 4 heteroatoms. The highest BCUT2D eigenvalue weighted by Gasteiger charge is 2.58. The Kier molecular flexibility index (Phi) is 6.75. The topological polar surface area (TPSA) is 40.6 Å². The van der Waals surface area contributed by atoms with E-state index in [0.717, 1.165) is 18.5 Å².